The van der Waals surface area contributed by atoms with Gasteiger partial charge in [0.25, 0.3) is 6.29 Å². The van der Waals surface area contributed by atoms with Crippen molar-refractivity contribution in [2.45, 2.75) is 13.2 Å². The summed E-state index contributed by atoms with van der Waals surface area (Å²) in [7, 11) is 0. The summed E-state index contributed by atoms with van der Waals surface area (Å²) in [5.74, 6) is -0.763. The number of carbonyl (C=O) groups excluding carboxylic acids is 1. The highest BCUT2D eigenvalue weighted by Crippen LogP contribution is 2.11. The molecule has 2 atom stereocenters. The van der Waals surface area contributed by atoms with E-state index in [0.29, 0.717) is 0 Å². The predicted molar refractivity (Wildman–Crippen MR) is 46.2 cm³/mol. The molecule has 4 heteroatoms. The number of hydrogen-bond acceptors (Lipinski definition) is 4. The van der Waals surface area contributed by atoms with Gasteiger partial charge in [-0.3, -0.25) is 4.79 Å². The molecular weight excluding hydrogens is 170 g/mol. The van der Waals surface area contributed by atoms with Crippen LogP contribution >= 0.6 is 0 Å². The van der Waals surface area contributed by atoms with Gasteiger partial charge in [0.1, 0.15) is 0 Å². The van der Waals surface area contributed by atoms with E-state index in [4.69, 9.17) is 10.4 Å². The third-order valence-corrected chi connectivity index (χ3v) is 1.32. The number of ether oxygens (including phenoxy) is 1. The van der Waals surface area contributed by atoms with E-state index in [1.54, 1.807) is 12.1 Å². The lowest BCUT2D eigenvalue weighted by molar-refractivity contribution is -0.150. The molecular formula is C9H11NO3. The SMILES string of the molecule is C=CC1C=COC(O)C1=O.CC#N. The van der Waals surface area contributed by atoms with Crippen LogP contribution in [0.3, 0.4) is 0 Å². The molecule has 0 bridgehead atoms. The van der Waals surface area contributed by atoms with Gasteiger partial charge >= 0.3 is 0 Å². The van der Waals surface area contributed by atoms with Gasteiger partial charge in [-0.2, -0.15) is 5.26 Å². The average Bonchev–Trinajstić information content (AvgIpc) is 2.11. The van der Waals surface area contributed by atoms with Crippen LogP contribution in [-0.4, -0.2) is 17.2 Å². The molecule has 2 unspecified atom stereocenters. The number of hydrogen-bond donors (Lipinski definition) is 1. The molecule has 0 spiro atoms. The Morgan fingerprint density at radius 2 is 2.38 bits per heavy atom. The monoisotopic (exact) mass is 181 g/mol. The average molecular weight is 181 g/mol. The summed E-state index contributed by atoms with van der Waals surface area (Å²) in [6.45, 7) is 4.86. The second kappa shape index (κ2) is 5.98. The van der Waals surface area contributed by atoms with Crippen molar-refractivity contribution in [3.05, 3.63) is 25.0 Å². The van der Waals surface area contributed by atoms with E-state index in [1.165, 1.54) is 19.3 Å². The fraction of sp³-hybridized carbons (Fsp3) is 0.333. The quantitative estimate of drug-likeness (QED) is 0.606. The summed E-state index contributed by atoms with van der Waals surface area (Å²) in [6, 6.07) is 1.75. The number of nitriles is 1. The van der Waals surface area contributed by atoms with Crippen molar-refractivity contribution in [3.63, 3.8) is 0 Å². The molecule has 0 amide bonds. The first-order chi connectivity index (χ1) is 6.17. The smallest absolute Gasteiger partial charge is 0.257 e. The van der Waals surface area contributed by atoms with Gasteiger partial charge in [0, 0.05) is 6.92 Å². The molecule has 0 saturated carbocycles. The van der Waals surface area contributed by atoms with E-state index < -0.39 is 12.2 Å². The molecule has 0 aromatic rings. The third kappa shape index (κ3) is 3.54. The number of Topliss-reactive ketones (excluding diaryl/α,β-unsaturated/α-hetero) is 1. The van der Waals surface area contributed by atoms with E-state index in [1.807, 2.05) is 0 Å². The van der Waals surface area contributed by atoms with Gasteiger partial charge in [-0.25, -0.2) is 0 Å². The summed E-state index contributed by atoms with van der Waals surface area (Å²) < 4.78 is 4.50. The Morgan fingerprint density at radius 1 is 1.85 bits per heavy atom. The normalized spacial score (nSPS) is 24.8. The van der Waals surface area contributed by atoms with Crippen molar-refractivity contribution in [2.75, 3.05) is 0 Å². The van der Waals surface area contributed by atoms with Gasteiger partial charge in [0.2, 0.25) is 5.78 Å². The van der Waals surface area contributed by atoms with Crippen LogP contribution in [0.2, 0.25) is 0 Å². The predicted octanol–water partition coefficient (Wildman–Crippen LogP) is 0.750. The van der Waals surface area contributed by atoms with Crippen molar-refractivity contribution >= 4 is 5.78 Å². The van der Waals surface area contributed by atoms with E-state index in [9.17, 15) is 4.79 Å². The zero-order valence-corrected chi connectivity index (χ0v) is 7.30. The summed E-state index contributed by atoms with van der Waals surface area (Å²) in [6.07, 6.45) is 3.00. The number of aliphatic hydroxyl groups excluding tert-OH is 1. The highest BCUT2D eigenvalue weighted by Gasteiger charge is 2.24. The first-order valence-electron chi connectivity index (χ1n) is 3.64. The summed E-state index contributed by atoms with van der Waals surface area (Å²) in [5, 5.41) is 16.1. The summed E-state index contributed by atoms with van der Waals surface area (Å²) in [5.41, 5.74) is 0. The molecule has 0 aromatic carbocycles. The Balaban J connectivity index is 0.000000424. The minimum Gasteiger partial charge on any atom is -0.465 e. The fourth-order valence-electron chi connectivity index (χ4n) is 0.726. The number of aliphatic hydroxyl groups is 1. The Hall–Kier alpha value is -1.60. The van der Waals surface area contributed by atoms with Gasteiger partial charge in [-0.15, -0.1) is 6.58 Å². The molecule has 0 saturated heterocycles. The van der Waals surface area contributed by atoms with Gasteiger partial charge < -0.3 is 9.84 Å². The topological polar surface area (TPSA) is 70.3 Å². The molecule has 0 aromatic heterocycles. The number of rotatable bonds is 1. The van der Waals surface area contributed by atoms with Crippen LogP contribution in [-0.2, 0) is 9.53 Å². The number of ketones is 1. The molecule has 70 valence electrons. The molecule has 1 rings (SSSR count). The first kappa shape index (κ1) is 11.4. The highest BCUT2D eigenvalue weighted by atomic mass is 16.6. The molecule has 1 heterocycles. The lowest BCUT2D eigenvalue weighted by atomic mass is 10.0. The van der Waals surface area contributed by atoms with Crippen molar-refractivity contribution in [3.8, 4) is 6.07 Å². The maximum Gasteiger partial charge on any atom is 0.257 e. The maximum atomic E-state index is 10.9. The molecule has 1 N–H and O–H groups in total. The minimum absolute atomic E-state index is 0.363. The molecule has 13 heavy (non-hydrogen) atoms. The Kier molecular flexibility index (Phi) is 5.24. The largest absolute Gasteiger partial charge is 0.465 e. The molecule has 4 nitrogen and oxygen atoms in total. The second-order valence-electron chi connectivity index (χ2n) is 2.20. The van der Waals surface area contributed by atoms with Crippen molar-refractivity contribution in [1.82, 2.24) is 0 Å². The second-order valence-corrected chi connectivity index (χ2v) is 2.20. The van der Waals surface area contributed by atoms with E-state index in [2.05, 4.69) is 11.3 Å². The fourth-order valence-corrected chi connectivity index (χ4v) is 0.726. The van der Waals surface area contributed by atoms with Crippen LogP contribution in [0.1, 0.15) is 6.92 Å². The minimum atomic E-state index is -1.31. The van der Waals surface area contributed by atoms with Crippen LogP contribution in [0, 0.1) is 17.2 Å². The van der Waals surface area contributed by atoms with E-state index in [0.717, 1.165) is 0 Å². The van der Waals surface area contributed by atoms with Crippen molar-refractivity contribution in [1.29, 1.82) is 5.26 Å². The lowest BCUT2D eigenvalue weighted by Crippen LogP contribution is -2.30. The number of carbonyl (C=O) groups is 1. The van der Waals surface area contributed by atoms with Crippen LogP contribution in [0.4, 0.5) is 0 Å². The van der Waals surface area contributed by atoms with E-state index >= 15 is 0 Å². The number of nitrogens with zero attached hydrogens (tertiary/aromatic N) is 1. The van der Waals surface area contributed by atoms with Crippen LogP contribution in [0.5, 0.6) is 0 Å². The molecule has 1 aliphatic heterocycles. The maximum absolute atomic E-state index is 10.9. The van der Waals surface area contributed by atoms with E-state index in [-0.39, 0.29) is 5.78 Å². The van der Waals surface area contributed by atoms with Gasteiger partial charge in [0.15, 0.2) is 0 Å². The summed E-state index contributed by atoms with van der Waals surface area (Å²) in [4.78, 5) is 10.9. The highest BCUT2D eigenvalue weighted by molar-refractivity contribution is 5.87. The van der Waals surface area contributed by atoms with Crippen LogP contribution < -0.4 is 0 Å². The molecule has 1 aliphatic rings. The van der Waals surface area contributed by atoms with Gasteiger partial charge in [0.05, 0.1) is 18.2 Å². The Morgan fingerprint density at radius 3 is 2.77 bits per heavy atom. The van der Waals surface area contributed by atoms with Crippen LogP contribution in [0.25, 0.3) is 0 Å². The standard InChI is InChI=1S/C7H8O3.C2H3N/c1-2-5-3-4-10-7(9)6(5)8;1-2-3/h2-5,7,9H,1H2;1H3. The van der Waals surface area contributed by atoms with Crippen molar-refractivity contribution < 1.29 is 14.6 Å². The third-order valence-electron chi connectivity index (χ3n) is 1.32. The van der Waals surface area contributed by atoms with Crippen molar-refractivity contribution in [2.24, 2.45) is 5.92 Å². The van der Waals surface area contributed by atoms with Gasteiger partial charge in [-0.1, -0.05) is 6.08 Å². The number of allylic oxidation sites excluding steroid dienone is 2. The lowest BCUT2D eigenvalue weighted by Gasteiger charge is -2.16. The Bertz CT molecular complexity index is 252. The molecule has 0 radical (unpaired) electrons. The first-order valence-corrected chi connectivity index (χ1v) is 3.64. The zero-order valence-electron chi connectivity index (χ0n) is 7.30. The summed E-state index contributed by atoms with van der Waals surface area (Å²) >= 11 is 0. The van der Waals surface area contributed by atoms with Gasteiger partial charge in [-0.05, 0) is 6.08 Å². The zero-order chi connectivity index (χ0) is 10.3. The molecule has 0 aliphatic carbocycles. The molecule has 0 fully saturated rings. The van der Waals surface area contributed by atoms with Crippen LogP contribution in [0.15, 0.2) is 25.0 Å². The Labute approximate surface area is 76.7 Å².